The van der Waals surface area contributed by atoms with Crippen LogP contribution in [0.3, 0.4) is 0 Å². The lowest BCUT2D eigenvalue weighted by atomic mass is 10.3. The minimum atomic E-state index is -0.192. The highest BCUT2D eigenvalue weighted by atomic mass is 79.9. The molecule has 1 saturated carbocycles. The van der Waals surface area contributed by atoms with Crippen molar-refractivity contribution in [3.05, 3.63) is 28.5 Å². The summed E-state index contributed by atoms with van der Waals surface area (Å²) >= 11 is 3.15. The molecule has 3 heteroatoms. The average molecular weight is 244 g/mol. The second-order valence-electron chi connectivity index (χ2n) is 3.43. The first-order valence-corrected chi connectivity index (χ1v) is 5.24. The van der Waals surface area contributed by atoms with Gasteiger partial charge in [0.25, 0.3) is 0 Å². The zero-order valence-corrected chi connectivity index (χ0v) is 8.77. The van der Waals surface area contributed by atoms with Crippen LogP contribution in [0.4, 0.5) is 10.1 Å². The number of halogens is 2. The predicted octanol–water partition coefficient (Wildman–Crippen LogP) is 3.41. The van der Waals surface area contributed by atoms with E-state index in [0.717, 1.165) is 12.5 Å². The quantitative estimate of drug-likeness (QED) is 0.859. The molecule has 0 radical (unpaired) electrons. The van der Waals surface area contributed by atoms with E-state index in [1.807, 2.05) is 6.07 Å². The van der Waals surface area contributed by atoms with Gasteiger partial charge in [0.2, 0.25) is 0 Å². The third-order valence-electron chi connectivity index (χ3n) is 2.23. The Morgan fingerprint density at radius 2 is 2.23 bits per heavy atom. The molecule has 13 heavy (non-hydrogen) atoms. The summed E-state index contributed by atoms with van der Waals surface area (Å²) in [5, 5.41) is 3.11. The number of nitrogens with one attached hydrogen (secondary N) is 1. The smallest absolute Gasteiger partial charge is 0.160 e. The second-order valence-corrected chi connectivity index (χ2v) is 4.28. The fourth-order valence-electron chi connectivity index (χ4n) is 1.22. The highest BCUT2D eigenvalue weighted by molar-refractivity contribution is 9.10. The zero-order chi connectivity index (χ0) is 9.26. The van der Waals surface area contributed by atoms with Gasteiger partial charge in [-0.05, 0) is 46.8 Å². The van der Waals surface area contributed by atoms with Gasteiger partial charge in [-0.15, -0.1) is 0 Å². The molecule has 0 spiro atoms. The zero-order valence-electron chi connectivity index (χ0n) is 7.19. The SMILES string of the molecule is Fc1c(Br)cccc1NCC1CC1. The van der Waals surface area contributed by atoms with Crippen molar-refractivity contribution in [1.82, 2.24) is 0 Å². The van der Waals surface area contributed by atoms with Gasteiger partial charge >= 0.3 is 0 Å². The molecule has 1 aliphatic rings. The van der Waals surface area contributed by atoms with Crippen molar-refractivity contribution >= 4 is 21.6 Å². The molecule has 0 bridgehead atoms. The Bertz CT molecular complexity index is 310. The van der Waals surface area contributed by atoms with Gasteiger partial charge in [-0.3, -0.25) is 0 Å². The highest BCUT2D eigenvalue weighted by Crippen LogP contribution is 2.30. The Morgan fingerprint density at radius 3 is 2.92 bits per heavy atom. The molecule has 0 amide bonds. The Kier molecular flexibility index (Phi) is 2.54. The molecule has 1 fully saturated rings. The van der Waals surface area contributed by atoms with Gasteiger partial charge in [-0.1, -0.05) is 6.07 Å². The summed E-state index contributed by atoms with van der Waals surface area (Å²) in [5.74, 6) is 0.571. The first kappa shape index (κ1) is 9.00. The fourth-order valence-corrected chi connectivity index (χ4v) is 1.58. The van der Waals surface area contributed by atoms with Crippen molar-refractivity contribution < 1.29 is 4.39 Å². The summed E-state index contributed by atoms with van der Waals surface area (Å²) in [6.45, 7) is 0.896. The number of benzene rings is 1. The van der Waals surface area contributed by atoms with Crippen LogP contribution in [-0.4, -0.2) is 6.54 Å². The average Bonchev–Trinajstić information content (AvgIpc) is 2.91. The molecule has 0 aromatic heterocycles. The normalized spacial score (nSPS) is 15.8. The summed E-state index contributed by atoms with van der Waals surface area (Å²) in [6, 6.07) is 5.31. The molecular formula is C10H11BrFN. The molecule has 1 nitrogen and oxygen atoms in total. The molecule has 1 N–H and O–H groups in total. The summed E-state index contributed by atoms with van der Waals surface area (Å²) in [5.41, 5.74) is 0.598. The molecule has 0 aliphatic heterocycles. The lowest BCUT2D eigenvalue weighted by molar-refractivity contribution is 0.623. The Balaban J connectivity index is 2.05. The molecule has 2 rings (SSSR count). The molecule has 70 valence electrons. The Hall–Kier alpha value is -0.570. The second kappa shape index (κ2) is 3.66. The van der Waals surface area contributed by atoms with E-state index in [2.05, 4.69) is 21.2 Å². The van der Waals surface area contributed by atoms with E-state index in [9.17, 15) is 4.39 Å². The van der Waals surface area contributed by atoms with E-state index < -0.39 is 0 Å². The topological polar surface area (TPSA) is 12.0 Å². The summed E-state index contributed by atoms with van der Waals surface area (Å²) in [6.07, 6.45) is 2.56. The van der Waals surface area contributed by atoms with E-state index in [1.54, 1.807) is 12.1 Å². The molecule has 1 aromatic rings. The van der Waals surface area contributed by atoms with Crippen LogP contribution in [0.15, 0.2) is 22.7 Å². The maximum Gasteiger partial charge on any atom is 0.160 e. The van der Waals surface area contributed by atoms with Crippen LogP contribution < -0.4 is 5.32 Å². The third-order valence-corrected chi connectivity index (χ3v) is 2.84. The highest BCUT2D eigenvalue weighted by Gasteiger charge is 2.21. The van der Waals surface area contributed by atoms with Gasteiger partial charge in [0.15, 0.2) is 5.82 Å². The maximum atomic E-state index is 13.4. The number of anilines is 1. The van der Waals surface area contributed by atoms with E-state index in [4.69, 9.17) is 0 Å². The summed E-state index contributed by atoms with van der Waals surface area (Å²) < 4.78 is 13.9. The van der Waals surface area contributed by atoms with Gasteiger partial charge in [-0.25, -0.2) is 4.39 Å². The maximum absolute atomic E-state index is 13.4. The van der Waals surface area contributed by atoms with Crippen LogP contribution in [0.25, 0.3) is 0 Å². The Morgan fingerprint density at radius 1 is 1.46 bits per heavy atom. The summed E-state index contributed by atoms with van der Waals surface area (Å²) in [4.78, 5) is 0. The molecule has 0 saturated heterocycles. The van der Waals surface area contributed by atoms with Crippen molar-refractivity contribution in [3.8, 4) is 0 Å². The molecule has 1 aliphatic carbocycles. The minimum Gasteiger partial charge on any atom is -0.382 e. The van der Waals surface area contributed by atoms with E-state index in [1.165, 1.54) is 12.8 Å². The van der Waals surface area contributed by atoms with Gasteiger partial charge < -0.3 is 5.32 Å². The van der Waals surface area contributed by atoms with E-state index in [0.29, 0.717) is 10.2 Å². The molecule has 0 unspecified atom stereocenters. The minimum absolute atomic E-state index is 0.192. The standard InChI is InChI=1S/C10H11BrFN/c11-8-2-1-3-9(10(8)12)13-6-7-4-5-7/h1-3,7,13H,4-6H2. The van der Waals surface area contributed by atoms with Crippen molar-refractivity contribution in [2.24, 2.45) is 5.92 Å². The van der Waals surface area contributed by atoms with Crippen LogP contribution in [0.2, 0.25) is 0 Å². The van der Waals surface area contributed by atoms with Crippen LogP contribution >= 0.6 is 15.9 Å². The number of rotatable bonds is 3. The third kappa shape index (κ3) is 2.21. The van der Waals surface area contributed by atoms with Crippen molar-refractivity contribution in [2.45, 2.75) is 12.8 Å². The van der Waals surface area contributed by atoms with E-state index >= 15 is 0 Å². The lowest BCUT2D eigenvalue weighted by Gasteiger charge is -2.06. The molecule has 1 aromatic carbocycles. The van der Waals surface area contributed by atoms with Gasteiger partial charge in [0, 0.05) is 6.54 Å². The summed E-state index contributed by atoms with van der Waals surface area (Å²) in [7, 11) is 0. The molecule has 0 heterocycles. The first-order valence-electron chi connectivity index (χ1n) is 4.45. The van der Waals surface area contributed by atoms with Crippen molar-refractivity contribution in [3.63, 3.8) is 0 Å². The van der Waals surface area contributed by atoms with Crippen LogP contribution in [-0.2, 0) is 0 Å². The van der Waals surface area contributed by atoms with Crippen LogP contribution in [0, 0.1) is 11.7 Å². The fraction of sp³-hybridized carbons (Fsp3) is 0.400. The molecule has 0 atom stereocenters. The van der Waals surface area contributed by atoms with Gasteiger partial charge in [0.05, 0.1) is 10.2 Å². The predicted molar refractivity (Wildman–Crippen MR) is 55.3 cm³/mol. The molecular weight excluding hydrogens is 233 g/mol. The van der Waals surface area contributed by atoms with Crippen LogP contribution in [0.1, 0.15) is 12.8 Å². The largest absolute Gasteiger partial charge is 0.382 e. The van der Waals surface area contributed by atoms with Gasteiger partial charge in [-0.2, -0.15) is 0 Å². The van der Waals surface area contributed by atoms with Crippen molar-refractivity contribution in [1.29, 1.82) is 0 Å². The number of hydrogen-bond donors (Lipinski definition) is 1. The van der Waals surface area contributed by atoms with E-state index in [-0.39, 0.29) is 5.82 Å². The number of hydrogen-bond acceptors (Lipinski definition) is 1. The van der Waals surface area contributed by atoms with Crippen molar-refractivity contribution in [2.75, 3.05) is 11.9 Å². The monoisotopic (exact) mass is 243 g/mol. The first-order chi connectivity index (χ1) is 6.27. The van der Waals surface area contributed by atoms with Gasteiger partial charge in [0.1, 0.15) is 0 Å². The van der Waals surface area contributed by atoms with Crippen LogP contribution in [0.5, 0.6) is 0 Å². The Labute approximate surface area is 85.5 Å². The lowest BCUT2D eigenvalue weighted by Crippen LogP contribution is -2.04.